The number of aliphatic hydroxyl groups is 1. The maximum Gasteiger partial charge on any atom is 0.163 e. The van der Waals surface area contributed by atoms with E-state index in [9.17, 15) is 15.2 Å². The third kappa shape index (κ3) is 3.16. The molecule has 5 rings (SSSR count). The van der Waals surface area contributed by atoms with E-state index in [0.29, 0.717) is 23.7 Å². The van der Waals surface area contributed by atoms with E-state index in [4.69, 9.17) is 0 Å². The third-order valence-electron chi connectivity index (χ3n) is 9.92. The summed E-state index contributed by atoms with van der Waals surface area (Å²) >= 11 is 0. The molecule has 4 aliphatic carbocycles. The Hall–Kier alpha value is -2.12. The summed E-state index contributed by atoms with van der Waals surface area (Å²) in [5, 5.41) is 20.7. The van der Waals surface area contributed by atoms with Gasteiger partial charge in [0.2, 0.25) is 0 Å². The number of ketones is 1. The van der Waals surface area contributed by atoms with Crippen molar-refractivity contribution in [1.29, 1.82) is 5.26 Å². The van der Waals surface area contributed by atoms with Gasteiger partial charge in [-0.1, -0.05) is 24.6 Å². The molecular weight excluding hydrogens is 396 g/mol. The number of carbonyl (C=O) groups excluding carboxylic acids is 1. The van der Waals surface area contributed by atoms with Crippen molar-refractivity contribution in [3.05, 3.63) is 41.5 Å². The number of fused-ring (bicyclic) bond motifs is 5. The second-order valence-corrected chi connectivity index (χ2v) is 11.3. The lowest BCUT2D eigenvalue weighted by atomic mass is 9.50. The molecule has 1 N–H and O–H groups in total. The number of nitriles is 1. The number of hydrogen-bond donors (Lipinski definition) is 1. The van der Waals surface area contributed by atoms with Crippen LogP contribution in [0.3, 0.4) is 0 Å². The standard InChI is InChI=1S/C28H36N2O2/c1-27-12-10-21-22(25(27)11-13-28(27,32)14-15-29)9-6-19-16-26(31)24(17-23(19)21)18-4-7-20(8-5-18)30(2)3/h4-5,7-8,16,21-25,32H,6,9-14,17H2,1-3H3/t21-,22+,23-,24?,25-,27-,28+/m0/s1. The lowest BCUT2D eigenvalue weighted by Gasteiger charge is -2.55. The van der Waals surface area contributed by atoms with Crippen molar-refractivity contribution in [2.45, 2.75) is 69.8 Å². The van der Waals surface area contributed by atoms with Crippen LogP contribution in [0.5, 0.6) is 0 Å². The zero-order chi connectivity index (χ0) is 22.7. The molecule has 0 saturated heterocycles. The quantitative estimate of drug-likeness (QED) is 0.710. The lowest BCUT2D eigenvalue weighted by Crippen LogP contribution is -2.52. The lowest BCUT2D eigenvalue weighted by molar-refractivity contribution is -0.121. The highest BCUT2D eigenvalue weighted by atomic mass is 16.3. The van der Waals surface area contributed by atoms with Gasteiger partial charge in [0.1, 0.15) is 0 Å². The first-order valence-corrected chi connectivity index (χ1v) is 12.4. The van der Waals surface area contributed by atoms with Gasteiger partial charge in [-0.25, -0.2) is 0 Å². The van der Waals surface area contributed by atoms with Gasteiger partial charge in [0, 0.05) is 31.1 Å². The predicted octanol–water partition coefficient (Wildman–Crippen LogP) is 5.23. The number of anilines is 1. The number of carbonyl (C=O) groups is 1. The first kappa shape index (κ1) is 21.7. The molecule has 4 nitrogen and oxygen atoms in total. The van der Waals surface area contributed by atoms with Gasteiger partial charge in [-0.15, -0.1) is 0 Å². The molecule has 32 heavy (non-hydrogen) atoms. The van der Waals surface area contributed by atoms with E-state index >= 15 is 0 Å². The highest BCUT2D eigenvalue weighted by Gasteiger charge is 2.62. The van der Waals surface area contributed by atoms with Crippen molar-refractivity contribution in [3.63, 3.8) is 0 Å². The van der Waals surface area contributed by atoms with Crippen LogP contribution in [0.4, 0.5) is 5.69 Å². The van der Waals surface area contributed by atoms with Crippen LogP contribution in [0.2, 0.25) is 0 Å². The Bertz CT molecular complexity index is 974. The molecule has 0 aromatic heterocycles. The molecular formula is C28H36N2O2. The minimum absolute atomic E-state index is 0.0360. The Morgan fingerprint density at radius 1 is 1.12 bits per heavy atom. The Labute approximate surface area is 192 Å². The minimum Gasteiger partial charge on any atom is -0.388 e. The summed E-state index contributed by atoms with van der Waals surface area (Å²) in [7, 11) is 4.07. The molecule has 4 heteroatoms. The van der Waals surface area contributed by atoms with Crippen LogP contribution < -0.4 is 4.90 Å². The van der Waals surface area contributed by atoms with E-state index in [1.165, 1.54) is 5.57 Å². The summed E-state index contributed by atoms with van der Waals surface area (Å²) in [5.74, 6) is 2.43. The molecule has 1 unspecified atom stereocenters. The third-order valence-corrected chi connectivity index (χ3v) is 9.92. The second-order valence-electron chi connectivity index (χ2n) is 11.3. The molecule has 4 aliphatic rings. The number of nitrogens with zero attached hydrogens (tertiary/aromatic N) is 2. The number of benzene rings is 1. The normalized spacial score (nSPS) is 40.5. The highest BCUT2D eigenvalue weighted by Crippen LogP contribution is 2.65. The van der Waals surface area contributed by atoms with Gasteiger partial charge in [0.05, 0.1) is 18.1 Å². The SMILES string of the molecule is CN(C)c1ccc(C2C[C@H]3C(=CC2=O)CC[C@@H]2[C@@H]3CC[C@@]3(C)[C@H]2CC[C@@]3(O)CC#N)cc1. The highest BCUT2D eigenvalue weighted by molar-refractivity contribution is 5.97. The fourth-order valence-corrected chi connectivity index (χ4v) is 8.02. The van der Waals surface area contributed by atoms with Crippen molar-refractivity contribution < 1.29 is 9.90 Å². The molecule has 0 heterocycles. The molecule has 0 radical (unpaired) electrons. The Morgan fingerprint density at radius 2 is 1.88 bits per heavy atom. The molecule has 0 aliphatic heterocycles. The summed E-state index contributed by atoms with van der Waals surface area (Å²) in [4.78, 5) is 15.2. The molecule has 0 amide bonds. The smallest absolute Gasteiger partial charge is 0.163 e. The molecule has 0 bridgehead atoms. The fourth-order valence-electron chi connectivity index (χ4n) is 8.02. The van der Waals surface area contributed by atoms with Crippen LogP contribution in [0.25, 0.3) is 0 Å². The van der Waals surface area contributed by atoms with E-state index < -0.39 is 5.60 Å². The summed E-state index contributed by atoms with van der Waals surface area (Å²) in [6.07, 6.45) is 9.23. The van der Waals surface area contributed by atoms with Crippen LogP contribution in [0.1, 0.15) is 69.8 Å². The van der Waals surface area contributed by atoms with Crippen LogP contribution in [0.15, 0.2) is 35.9 Å². The van der Waals surface area contributed by atoms with Gasteiger partial charge < -0.3 is 10.0 Å². The number of rotatable bonds is 3. The number of hydrogen-bond acceptors (Lipinski definition) is 4. The summed E-state index contributed by atoms with van der Waals surface area (Å²) in [6, 6.07) is 10.8. The van der Waals surface area contributed by atoms with Gasteiger partial charge in [0.15, 0.2) is 5.78 Å². The van der Waals surface area contributed by atoms with Crippen LogP contribution in [0, 0.1) is 40.4 Å². The predicted molar refractivity (Wildman–Crippen MR) is 126 cm³/mol. The molecule has 0 spiro atoms. The van der Waals surface area contributed by atoms with Gasteiger partial charge in [-0.05, 0) is 92.4 Å². The zero-order valence-corrected chi connectivity index (χ0v) is 19.7. The van der Waals surface area contributed by atoms with E-state index in [-0.39, 0.29) is 23.5 Å². The van der Waals surface area contributed by atoms with Gasteiger partial charge >= 0.3 is 0 Å². The van der Waals surface area contributed by atoms with Crippen molar-refractivity contribution in [1.82, 2.24) is 0 Å². The maximum atomic E-state index is 13.1. The topological polar surface area (TPSA) is 64.3 Å². The van der Waals surface area contributed by atoms with Gasteiger partial charge in [-0.2, -0.15) is 5.26 Å². The average molecular weight is 433 g/mol. The van der Waals surface area contributed by atoms with Crippen molar-refractivity contribution in [3.8, 4) is 6.07 Å². The first-order chi connectivity index (χ1) is 15.3. The maximum absolute atomic E-state index is 13.1. The van der Waals surface area contributed by atoms with Crippen LogP contribution in [-0.2, 0) is 4.79 Å². The molecule has 3 fully saturated rings. The molecule has 170 valence electrons. The Morgan fingerprint density at radius 3 is 2.56 bits per heavy atom. The van der Waals surface area contributed by atoms with Gasteiger partial charge in [-0.3, -0.25) is 4.79 Å². The van der Waals surface area contributed by atoms with Gasteiger partial charge in [0.25, 0.3) is 0 Å². The summed E-state index contributed by atoms with van der Waals surface area (Å²) in [5.41, 5.74) is 2.71. The van der Waals surface area contributed by atoms with Crippen molar-refractivity contribution >= 4 is 11.5 Å². The molecule has 3 saturated carbocycles. The largest absolute Gasteiger partial charge is 0.388 e. The van der Waals surface area contributed by atoms with Crippen molar-refractivity contribution in [2.24, 2.45) is 29.1 Å². The van der Waals surface area contributed by atoms with E-state index in [1.807, 2.05) is 20.2 Å². The fraction of sp³-hybridized carbons (Fsp3) is 0.643. The molecule has 1 aromatic rings. The van der Waals surface area contributed by atoms with Crippen LogP contribution >= 0.6 is 0 Å². The minimum atomic E-state index is -0.827. The summed E-state index contributed by atoms with van der Waals surface area (Å²) in [6.45, 7) is 2.25. The number of allylic oxidation sites excluding steroid dienone is 1. The Balaban J connectivity index is 1.40. The van der Waals surface area contributed by atoms with Crippen LogP contribution in [-0.4, -0.2) is 30.6 Å². The Kier molecular flexibility index (Phi) is 5.25. The van der Waals surface area contributed by atoms with E-state index in [0.717, 1.165) is 56.2 Å². The molecule has 7 atom stereocenters. The van der Waals surface area contributed by atoms with Crippen molar-refractivity contribution in [2.75, 3.05) is 19.0 Å². The second kappa shape index (κ2) is 7.73. The monoisotopic (exact) mass is 432 g/mol. The average Bonchev–Trinajstić information content (AvgIpc) is 3.04. The first-order valence-electron chi connectivity index (χ1n) is 12.4. The summed E-state index contributed by atoms with van der Waals surface area (Å²) < 4.78 is 0. The zero-order valence-electron chi connectivity index (χ0n) is 19.7. The molecule has 1 aromatic carbocycles. The van der Waals surface area contributed by atoms with E-state index in [1.54, 1.807) is 0 Å². The van der Waals surface area contributed by atoms with E-state index in [2.05, 4.69) is 42.2 Å².